The summed E-state index contributed by atoms with van der Waals surface area (Å²) in [6, 6.07) is 16.2. The van der Waals surface area contributed by atoms with Crippen molar-refractivity contribution in [2.24, 2.45) is 5.14 Å². The topological polar surface area (TPSA) is 101 Å². The molecule has 2 aromatic carbocycles. The summed E-state index contributed by atoms with van der Waals surface area (Å²) in [4.78, 5) is 0.0769. The minimum Gasteiger partial charge on any atom is -0.341 e. The van der Waals surface area contributed by atoms with Crippen LogP contribution in [0, 0.1) is 0 Å². The Kier molecular flexibility index (Phi) is 3.93. The summed E-state index contributed by atoms with van der Waals surface area (Å²) in [5, 5.41) is 15.4. The molecule has 1 aromatic heterocycles. The van der Waals surface area contributed by atoms with Crippen molar-refractivity contribution in [3.05, 3.63) is 54.6 Å². The molecule has 0 unspecified atom stereocenters. The van der Waals surface area contributed by atoms with E-state index in [1.165, 1.54) is 17.6 Å². The average Bonchev–Trinajstić information content (AvgIpc) is 2.96. The lowest BCUT2D eigenvalue weighted by Gasteiger charge is -2.04. The monoisotopic (exact) mass is 326 g/mol. The van der Waals surface area contributed by atoms with Crippen LogP contribution in [0.3, 0.4) is 0 Å². The van der Waals surface area contributed by atoms with Gasteiger partial charge < -0.3 is 5.32 Å². The van der Waals surface area contributed by atoms with Crippen LogP contribution in [0.1, 0.15) is 0 Å². The quantitative estimate of drug-likeness (QED) is 0.615. The van der Waals surface area contributed by atoms with E-state index in [2.05, 4.69) is 15.5 Å². The smallest absolute Gasteiger partial charge is 0.238 e. The van der Waals surface area contributed by atoms with Gasteiger partial charge in [-0.25, -0.2) is 13.6 Å². The highest BCUT2D eigenvalue weighted by atomic mass is 32.2. The standard InChI is InChI=1S/C15H15BN4O2S/c16-11-3-1-10(2-4-11)14-9-15(20-19-14)18-12-5-7-13(8-6-12)23(17,21)22/h1-9H,16H2,(H2,17,21,22)(H2,18,19,20). The molecule has 0 radical (unpaired) electrons. The van der Waals surface area contributed by atoms with Gasteiger partial charge in [0.25, 0.3) is 0 Å². The van der Waals surface area contributed by atoms with Crippen molar-refractivity contribution >= 4 is 34.8 Å². The summed E-state index contributed by atoms with van der Waals surface area (Å²) in [5.74, 6) is 0.712. The highest BCUT2D eigenvalue weighted by Gasteiger charge is 2.08. The molecule has 0 aliphatic heterocycles. The van der Waals surface area contributed by atoms with Gasteiger partial charge in [-0.15, -0.1) is 0 Å². The number of aromatic nitrogens is 2. The molecule has 0 aliphatic carbocycles. The van der Waals surface area contributed by atoms with Crippen molar-refractivity contribution in [1.29, 1.82) is 0 Å². The Balaban J connectivity index is 1.78. The van der Waals surface area contributed by atoms with Crippen LogP contribution in [0.5, 0.6) is 0 Å². The highest BCUT2D eigenvalue weighted by Crippen LogP contribution is 2.22. The van der Waals surface area contributed by atoms with Gasteiger partial charge in [-0.2, -0.15) is 5.10 Å². The minimum absolute atomic E-state index is 0.0769. The molecule has 0 amide bonds. The molecule has 23 heavy (non-hydrogen) atoms. The summed E-state index contributed by atoms with van der Waals surface area (Å²) in [6.45, 7) is 0. The van der Waals surface area contributed by atoms with Gasteiger partial charge in [0.2, 0.25) is 10.0 Å². The van der Waals surface area contributed by atoms with Crippen LogP contribution in [0.15, 0.2) is 59.5 Å². The number of sulfonamides is 1. The van der Waals surface area contributed by atoms with Gasteiger partial charge in [-0.1, -0.05) is 29.7 Å². The van der Waals surface area contributed by atoms with Gasteiger partial charge in [0.05, 0.1) is 10.6 Å². The van der Waals surface area contributed by atoms with Crippen LogP contribution >= 0.6 is 0 Å². The molecule has 0 bridgehead atoms. The van der Waals surface area contributed by atoms with Gasteiger partial charge >= 0.3 is 0 Å². The van der Waals surface area contributed by atoms with E-state index in [1.54, 1.807) is 12.1 Å². The molecular formula is C15H15BN4O2S. The van der Waals surface area contributed by atoms with E-state index in [4.69, 9.17) is 5.14 Å². The maximum atomic E-state index is 11.2. The number of rotatable bonds is 4. The molecule has 116 valence electrons. The Morgan fingerprint density at radius 3 is 2.30 bits per heavy atom. The number of primary sulfonamides is 1. The lowest BCUT2D eigenvalue weighted by atomic mass is 9.95. The second kappa shape index (κ2) is 5.90. The molecule has 0 saturated heterocycles. The van der Waals surface area contributed by atoms with Crippen LogP contribution in [0.4, 0.5) is 11.5 Å². The second-order valence-electron chi connectivity index (χ2n) is 5.23. The van der Waals surface area contributed by atoms with Gasteiger partial charge in [0.1, 0.15) is 13.7 Å². The molecule has 1 heterocycles. The molecule has 0 aliphatic rings. The Morgan fingerprint density at radius 2 is 1.70 bits per heavy atom. The average molecular weight is 326 g/mol. The first-order valence-corrected chi connectivity index (χ1v) is 8.49. The molecule has 0 spiro atoms. The van der Waals surface area contributed by atoms with Crippen LogP contribution in [-0.4, -0.2) is 26.5 Å². The molecule has 0 saturated carbocycles. The molecule has 4 N–H and O–H groups in total. The zero-order chi connectivity index (χ0) is 16.4. The van der Waals surface area contributed by atoms with E-state index < -0.39 is 10.0 Å². The third kappa shape index (κ3) is 3.61. The third-order valence-electron chi connectivity index (χ3n) is 3.39. The number of H-pyrrole nitrogens is 1. The van der Waals surface area contributed by atoms with Crippen molar-refractivity contribution in [3.8, 4) is 11.3 Å². The SMILES string of the molecule is Bc1ccc(-c2cc(Nc3ccc(S(N)(=O)=O)cc3)[nH]n2)cc1. The van der Waals surface area contributed by atoms with E-state index in [-0.39, 0.29) is 4.90 Å². The van der Waals surface area contributed by atoms with Crippen LogP contribution in [0.25, 0.3) is 11.3 Å². The maximum absolute atomic E-state index is 11.2. The molecule has 3 rings (SSSR count). The van der Waals surface area contributed by atoms with E-state index in [0.29, 0.717) is 5.82 Å². The summed E-state index contributed by atoms with van der Waals surface area (Å²) in [5.41, 5.74) is 3.77. The number of hydrogen-bond donors (Lipinski definition) is 3. The Hall–Kier alpha value is -2.58. The number of benzene rings is 2. The predicted molar refractivity (Wildman–Crippen MR) is 93.3 cm³/mol. The second-order valence-corrected chi connectivity index (χ2v) is 6.79. The Labute approximate surface area is 135 Å². The molecule has 0 fully saturated rings. The lowest BCUT2D eigenvalue weighted by molar-refractivity contribution is 0.598. The summed E-state index contributed by atoms with van der Waals surface area (Å²) in [7, 11) is -1.64. The number of hydrogen-bond acceptors (Lipinski definition) is 4. The van der Waals surface area contributed by atoms with Gasteiger partial charge in [0, 0.05) is 17.3 Å². The van der Waals surface area contributed by atoms with Crippen LogP contribution in [0.2, 0.25) is 0 Å². The molecule has 3 aromatic rings. The van der Waals surface area contributed by atoms with Crippen LogP contribution in [-0.2, 0) is 10.0 Å². The fraction of sp³-hybridized carbons (Fsp3) is 0. The first-order valence-electron chi connectivity index (χ1n) is 6.94. The van der Waals surface area contributed by atoms with Crippen molar-refractivity contribution in [1.82, 2.24) is 10.2 Å². The van der Waals surface area contributed by atoms with Crippen molar-refractivity contribution in [2.45, 2.75) is 4.90 Å². The fourth-order valence-corrected chi connectivity index (χ4v) is 2.66. The van der Waals surface area contributed by atoms with Gasteiger partial charge in [-0.3, -0.25) is 5.10 Å². The Morgan fingerprint density at radius 1 is 1.04 bits per heavy atom. The molecule has 6 nitrogen and oxygen atoms in total. The predicted octanol–water partition coefficient (Wildman–Crippen LogP) is 0.726. The summed E-state index contributed by atoms with van der Waals surface area (Å²) < 4.78 is 22.5. The zero-order valence-corrected chi connectivity index (χ0v) is 13.3. The van der Waals surface area contributed by atoms with Gasteiger partial charge in [-0.05, 0) is 24.3 Å². The lowest BCUT2D eigenvalue weighted by Crippen LogP contribution is -2.11. The van der Waals surface area contributed by atoms with E-state index in [0.717, 1.165) is 16.9 Å². The maximum Gasteiger partial charge on any atom is 0.238 e. The minimum atomic E-state index is -3.68. The zero-order valence-electron chi connectivity index (χ0n) is 12.4. The third-order valence-corrected chi connectivity index (χ3v) is 4.32. The number of nitrogens with zero attached hydrogens (tertiary/aromatic N) is 1. The Bertz CT molecular complexity index is 919. The van der Waals surface area contributed by atoms with Crippen LogP contribution < -0.4 is 15.9 Å². The number of aromatic amines is 1. The number of anilines is 2. The summed E-state index contributed by atoms with van der Waals surface area (Å²) >= 11 is 0. The van der Waals surface area contributed by atoms with E-state index in [1.807, 2.05) is 38.2 Å². The van der Waals surface area contributed by atoms with Crippen molar-refractivity contribution < 1.29 is 8.42 Å². The largest absolute Gasteiger partial charge is 0.341 e. The fourth-order valence-electron chi connectivity index (χ4n) is 2.14. The van der Waals surface area contributed by atoms with Gasteiger partial charge in [0.15, 0.2) is 0 Å². The molecule has 0 atom stereocenters. The van der Waals surface area contributed by atoms with E-state index >= 15 is 0 Å². The number of nitrogens with two attached hydrogens (primary N) is 1. The summed E-state index contributed by atoms with van der Waals surface area (Å²) in [6.07, 6.45) is 0. The normalized spacial score (nSPS) is 11.3. The van der Waals surface area contributed by atoms with Crippen molar-refractivity contribution in [3.63, 3.8) is 0 Å². The highest BCUT2D eigenvalue weighted by molar-refractivity contribution is 7.89. The number of nitrogens with one attached hydrogen (secondary N) is 2. The first-order chi connectivity index (χ1) is 10.9. The first kappa shape index (κ1) is 15.3. The van der Waals surface area contributed by atoms with Crippen molar-refractivity contribution in [2.75, 3.05) is 5.32 Å². The van der Waals surface area contributed by atoms with E-state index in [9.17, 15) is 8.42 Å². The molecule has 8 heteroatoms. The molecular weight excluding hydrogens is 311 g/mol.